The van der Waals surface area contributed by atoms with Crippen molar-refractivity contribution in [2.45, 2.75) is 12.8 Å². The van der Waals surface area contributed by atoms with Gasteiger partial charge in [0.1, 0.15) is 17.9 Å². The second kappa shape index (κ2) is 10.1. The van der Waals surface area contributed by atoms with E-state index in [0.717, 1.165) is 48.7 Å². The molecule has 6 nitrogen and oxygen atoms in total. The normalized spacial score (nSPS) is 11.6. The maximum absolute atomic E-state index is 9.80. The van der Waals surface area contributed by atoms with Crippen molar-refractivity contribution in [1.29, 1.82) is 0 Å². The molecule has 0 amide bonds. The van der Waals surface area contributed by atoms with Gasteiger partial charge in [0.15, 0.2) is 0 Å². The Kier molecular flexibility index (Phi) is 7.87. The van der Waals surface area contributed by atoms with Gasteiger partial charge in [0.05, 0.1) is 19.8 Å². The van der Waals surface area contributed by atoms with Gasteiger partial charge in [0, 0.05) is 42.2 Å². The molecule has 0 heterocycles. The number of hydrogen-bond donors (Lipinski definition) is 5. The van der Waals surface area contributed by atoms with Gasteiger partial charge in [0.25, 0.3) is 0 Å². The highest BCUT2D eigenvalue weighted by Crippen LogP contribution is 2.36. The number of aliphatic hydroxyl groups is 2. The SMILES string of the molecule is Nc1ccc([N+](CCO)(CCCCNCCO)c2ccc(N)cc2)cc1. The molecular weight excluding hydrogens is 328 g/mol. The van der Waals surface area contributed by atoms with Crippen molar-refractivity contribution in [3.05, 3.63) is 48.5 Å². The number of rotatable bonds is 11. The quantitative estimate of drug-likeness (QED) is 0.239. The molecule has 0 unspecified atom stereocenters. The summed E-state index contributed by atoms with van der Waals surface area (Å²) in [7, 11) is 0. The lowest BCUT2D eigenvalue weighted by molar-refractivity contribution is 0.238. The number of hydrogen-bond acceptors (Lipinski definition) is 5. The van der Waals surface area contributed by atoms with Crippen LogP contribution in [0.15, 0.2) is 48.5 Å². The molecule has 7 N–H and O–H groups in total. The number of quaternary nitrogens is 1. The Morgan fingerprint density at radius 3 is 1.69 bits per heavy atom. The van der Waals surface area contributed by atoms with Crippen molar-refractivity contribution in [1.82, 2.24) is 9.80 Å². The predicted molar refractivity (Wildman–Crippen MR) is 109 cm³/mol. The van der Waals surface area contributed by atoms with Gasteiger partial charge < -0.3 is 27.0 Å². The van der Waals surface area contributed by atoms with E-state index in [1.165, 1.54) is 0 Å². The summed E-state index contributed by atoms with van der Waals surface area (Å²) < 4.78 is 0.553. The zero-order valence-corrected chi connectivity index (χ0v) is 15.3. The molecule has 2 rings (SSSR count). The topological polar surface area (TPSA) is 105 Å². The number of aliphatic hydroxyl groups excluding tert-OH is 2. The molecule has 26 heavy (non-hydrogen) atoms. The summed E-state index contributed by atoms with van der Waals surface area (Å²) in [5.74, 6) is 0. The number of benzene rings is 2. The third-order valence-electron chi connectivity index (χ3n) is 4.69. The molecule has 0 aliphatic carbocycles. The van der Waals surface area contributed by atoms with Crippen molar-refractivity contribution in [2.24, 2.45) is 0 Å². The molecule has 0 spiro atoms. The van der Waals surface area contributed by atoms with E-state index in [1.807, 2.05) is 48.5 Å². The molecule has 0 bridgehead atoms. The highest BCUT2D eigenvalue weighted by atomic mass is 16.3. The second-order valence-electron chi connectivity index (χ2n) is 6.50. The second-order valence-corrected chi connectivity index (χ2v) is 6.50. The van der Waals surface area contributed by atoms with E-state index in [0.29, 0.717) is 17.6 Å². The first-order chi connectivity index (χ1) is 12.6. The van der Waals surface area contributed by atoms with E-state index in [4.69, 9.17) is 16.6 Å². The van der Waals surface area contributed by atoms with Gasteiger partial charge >= 0.3 is 0 Å². The molecule has 142 valence electrons. The lowest BCUT2D eigenvalue weighted by Gasteiger charge is -2.37. The summed E-state index contributed by atoms with van der Waals surface area (Å²) >= 11 is 0. The molecule has 0 saturated carbocycles. The fourth-order valence-corrected chi connectivity index (χ4v) is 3.30. The Balaban J connectivity index is 2.28. The third kappa shape index (κ3) is 5.19. The van der Waals surface area contributed by atoms with Crippen LogP contribution in [0.1, 0.15) is 12.8 Å². The number of nitrogens with one attached hydrogen (secondary N) is 1. The average molecular weight is 359 g/mol. The summed E-state index contributed by atoms with van der Waals surface area (Å²) in [6.45, 7) is 3.15. The zero-order chi connectivity index (χ0) is 18.8. The fraction of sp³-hybridized carbons (Fsp3) is 0.400. The summed E-state index contributed by atoms with van der Waals surface area (Å²) in [4.78, 5) is 0. The van der Waals surface area contributed by atoms with E-state index >= 15 is 0 Å². The van der Waals surface area contributed by atoms with Crippen LogP contribution >= 0.6 is 0 Å². The Hall–Kier alpha value is -2.12. The van der Waals surface area contributed by atoms with Crippen molar-refractivity contribution in [3.63, 3.8) is 0 Å². The third-order valence-corrected chi connectivity index (χ3v) is 4.69. The monoisotopic (exact) mass is 359 g/mol. The van der Waals surface area contributed by atoms with Gasteiger partial charge in [-0.05, 0) is 43.7 Å². The highest BCUT2D eigenvalue weighted by Gasteiger charge is 2.32. The molecule has 0 aliphatic rings. The van der Waals surface area contributed by atoms with Crippen molar-refractivity contribution < 1.29 is 10.2 Å². The van der Waals surface area contributed by atoms with Crippen LogP contribution in [0.3, 0.4) is 0 Å². The van der Waals surface area contributed by atoms with Crippen LogP contribution in [0.2, 0.25) is 0 Å². The molecule has 2 aromatic rings. The fourth-order valence-electron chi connectivity index (χ4n) is 3.30. The lowest BCUT2D eigenvalue weighted by atomic mass is 10.1. The largest absolute Gasteiger partial charge is 0.399 e. The van der Waals surface area contributed by atoms with E-state index in [-0.39, 0.29) is 13.2 Å². The average Bonchev–Trinajstić information content (AvgIpc) is 2.65. The Bertz CT molecular complexity index is 598. The van der Waals surface area contributed by atoms with Gasteiger partial charge in [-0.15, -0.1) is 0 Å². The molecule has 6 heteroatoms. The Labute approximate surface area is 155 Å². The molecule has 0 atom stereocenters. The summed E-state index contributed by atoms with van der Waals surface area (Å²) in [5, 5.41) is 21.9. The number of unbranched alkanes of at least 4 members (excludes halogenated alkanes) is 1. The number of nitrogens with two attached hydrogens (primary N) is 2. The van der Waals surface area contributed by atoms with Crippen molar-refractivity contribution in [3.8, 4) is 0 Å². The van der Waals surface area contributed by atoms with Gasteiger partial charge in [-0.2, -0.15) is 0 Å². The van der Waals surface area contributed by atoms with E-state index < -0.39 is 0 Å². The summed E-state index contributed by atoms with van der Waals surface area (Å²) in [5.41, 5.74) is 15.4. The maximum atomic E-state index is 9.80. The first-order valence-corrected chi connectivity index (χ1v) is 9.14. The number of nitrogen functional groups attached to an aromatic ring is 2. The first kappa shape index (κ1) is 20.2. The minimum atomic E-state index is 0.0809. The Morgan fingerprint density at radius 1 is 0.692 bits per heavy atom. The first-order valence-electron chi connectivity index (χ1n) is 9.14. The van der Waals surface area contributed by atoms with Crippen LogP contribution in [0.25, 0.3) is 0 Å². The maximum Gasteiger partial charge on any atom is 0.138 e. The van der Waals surface area contributed by atoms with Gasteiger partial charge in [-0.25, -0.2) is 0 Å². The summed E-state index contributed by atoms with van der Waals surface area (Å²) in [6.07, 6.45) is 1.97. The van der Waals surface area contributed by atoms with Crippen molar-refractivity contribution in [2.75, 3.05) is 50.9 Å². The molecular formula is C20H31N4O2+. The van der Waals surface area contributed by atoms with Crippen LogP contribution in [-0.4, -0.2) is 49.6 Å². The standard InChI is InChI=1S/C20H31N4O2/c21-17-3-7-19(8-4-17)24(14-16-26,13-2-1-11-23-12-15-25)20-9-5-18(22)6-10-20/h3-10,23,25-26H,1-2,11-16,21-22H2/q+1. The van der Waals surface area contributed by atoms with Gasteiger partial charge in [-0.1, -0.05) is 0 Å². The predicted octanol–water partition coefficient (Wildman–Crippen LogP) is 1.84. The van der Waals surface area contributed by atoms with Gasteiger partial charge in [0.2, 0.25) is 0 Å². The smallest absolute Gasteiger partial charge is 0.138 e. The number of anilines is 2. The molecule has 0 aliphatic heterocycles. The molecule has 0 saturated heterocycles. The van der Waals surface area contributed by atoms with Crippen molar-refractivity contribution >= 4 is 22.7 Å². The van der Waals surface area contributed by atoms with Crippen LogP contribution in [0.4, 0.5) is 22.7 Å². The number of nitrogens with zero attached hydrogens (tertiary/aromatic N) is 1. The van der Waals surface area contributed by atoms with Crippen LogP contribution in [0.5, 0.6) is 0 Å². The molecule has 0 radical (unpaired) electrons. The zero-order valence-electron chi connectivity index (χ0n) is 15.3. The Morgan fingerprint density at radius 2 is 1.23 bits per heavy atom. The lowest BCUT2D eigenvalue weighted by Crippen LogP contribution is -2.47. The molecule has 2 aromatic carbocycles. The van der Waals surface area contributed by atoms with E-state index in [1.54, 1.807) is 0 Å². The van der Waals surface area contributed by atoms with Crippen LogP contribution in [-0.2, 0) is 0 Å². The van der Waals surface area contributed by atoms with Gasteiger partial charge in [-0.3, -0.25) is 4.48 Å². The molecule has 0 fully saturated rings. The van der Waals surface area contributed by atoms with Crippen LogP contribution in [0, 0.1) is 0 Å². The minimum absolute atomic E-state index is 0.0809. The summed E-state index contributed by atoms with van der Waals surface area (Å²) in [6, 6.07) is 15.7. The highest BCUT2D eigenvalue weighted by molar-refractivity contribution is 5.62. The van der Waals surface area contributed by atoms with E-state index in [9.17, 15) is 5.11 Å². The van der Waals surface area contributed by atoms with E-state index in [2.05, 4.69) is 5.32 Å². The minimum Gasteiger partial charge on any atom is -0.399 e. The molecule has 0 aromatic heterocycles. The van der Waals surface area contributed by atoms with Crippen LogP contribution < -0.4 is 21.3 Å².